The molecule has 25 heavy (non-hydrogen) atoms. The summed E-state index contributed by atoms with van der Waals surface area (Å²) in [6.07, 6.45) is -3.05. The van der Waals surface area contributed by atoms with Crippen molar-refractivity contribution >= 4 is 11.4 Å². The van der Waals surface area contributed by atoms with Gasteiger partial charge < -0.3 is 4.90 Å². The summed E-state index contributed by atoms with van der Waals surface area (Å²) < 4.78 is 38.5. The van der Waals surface area contributed by atoms with Crippen molar-refractivity contribution in [2.75, 3.05) is 18.0 Å². The van der Waals surface area contributed by atoms with Crippen LogP contribution >= 0.6 is 0 Å². The van der Waals surface area contributed by atoms with Gasteiger partial charge >= 0.3 is 6.18 Å². The van der Waals surface area contributed by atoms with Gasteiger partial charge in [-0.25, -0.2) is 4.98 Å². The first-order chi connectivity index (χ1) is 11.8. The minimum atomic E-state index is -4.62. The molecule has 10 heteroatoms. The number of H-pyrrole nitrogens is 1. The molecule has 1 aliphatic rings. The number of nitrogens with zero attached hydrogens (tertiary/aromatic N) is 4. The molecule has 1 saturated heterocycles. The second-order valence-electron chi connectivity index (χ2n) is 6.02. The number of rotatable bonds is 3. The third-order valence-corrected chi connectivity index (χ3v) is 4.24. The second-order valence-corrected chi connectivity index (χ2v) is 6.02. The molecule has 1 unspecified atom stereocenters. The first kappa shape index (κ1) is 17.2. The highest BCUT2D eigenvalue weighted by Gasteiger charge is 2.35. The monoisotopic (exact) mass is 355 g/mol. The Balaban J connectivity index is 1.91. The lowest BCUT2D eigenvalue weighted by Gasteiger charge is -2.33. The quantitative estimate of drug-likeness (QED) is 0.673. The lowest BCUT2D eigenvalue weighted by molar-refractivity contribution is -0.384. The van der Waals surface area contributed by atoms with E-state index in [2.05, 4.69) is 15.2 Å². The average molecular weight is 355 g/mol. The summed E-state index contributed by atoms with van der Waals surface area (Å²) in [7, 11) is 0. The predicted molar refractivity (Wildman–Crippen MR) is 83.4 cm³/mol. The Bertz CT molecular complexity index is 790. The Hall–Kier alpha value is -2.65. The highest BCUT2D eigenvalue weighted by molar-refractivity contribution is 5.65. The van der Waals surface area contributed by atoms with Gasteiger partial charge in [0.15, 0.2) is 5.82 Å². The number of aromatic nitrogens is 3. The third kappa shape index (κ3) is 3.57. The summed E-state index contributed by atoms with van der Waals surface area (Å²) >= 11 is 0. The smallest absolute Gasteiger partial charge is 0.365 e. The number of nitro groups is 1. The van der Waals surface area contributed by atoms with Gasteiger partial charge in [-0.05, 0) is 31.9 Å². The fourth-order valence-electron chi connectivity index (χ4n) is 3.06. The molecule has 1 N–H and O–H groups in total. The lowest BCUT2D eigenvalue weighted by atomic mass is 9.96. The van der Waals surface area contributed by atoms with Crippen LogP contribution in [0.15, 0.2) is 18.2 Å². The largest absolute Gasteiger partial charge is 0.416 e. The van der Waals surface area contributed by atoms with Crippen molar-refractivity contribution in [3.8, 4) is 0 Å². The van der Waals surface area contributed by atoms with Crippen LogP contribution in [0, 0.1) is 17.0 Å². The third-order valence-electron chi connectivity index (χ3n) is 4.24. The van der Waals surface area contributed by atoms with Gasteiger partial charge in [0, 0.05) is 25.1 Å². The van der Waals surface area contributed by atoms with E-state index < -0.39 is 22.4 Å². The summed E-state index contributed by atoms with van der Waals surface area (Å²) in [6.45, 7) is 2.73. The molecule has 0 aliphatic carbocycles. The molecular weight excluding hydrogens is 339 g/mol. The average Bonchev–Trinajstić information content (AvgIpc) is 3.00. The summed E-state index contributed by atoms with van der Waals surface area (Å²) in [5.41, 5.74) is -1.38. The molecule has 1 atom stereocenters. The van der Waals surface area contributed by atoms with Crippen molar-refractivity contribution in [1.29, 1.82) is 0 Å². The van der Waals surface area contributed by atoms with Crippen molar-refractivity contribution in [2.24, 2.45) is 0 Å². The van der Waals surface area contributed by atoms with Gasteiger partial charge in [0.1, 0.15) is 11.5 Å². The molecule has 134 valence electrons. The number of benzene rings is 1. The van der Waals surface area contributed by atoms with Crippen LogP contribution in [0.3, 0.4) is 0 Å². The highest BCUT2D eigenvalue weighted by atomic mass is 19.4. The number of aryl methyl sites for hydroxylation is 1. The number of alkyl halides is 3. The van der Waals surface area contributed by atoms with Crippen molar-refractivity contribution in [3.63, 3.8) is 0 Å². The van der Waals surface area contributed by atoms with Gasteiger partial charge in [-0.1, -0.05) is 0 Å². The fraction of sp³-hybridized carbons (Fsp3) is 0.467. The maximum Gasteiger partial charge on any atom is 0.416 e. The number of piperidine rings is 1. The Morgan fingerprint density at radius 1 is 1.40 bits per heavy atom. The number of anilines is 1. The molecule has 0 spiro atoms. The van der Waals surface area contributed by atoms with Gasteiger partial charge in [-0.2, -0.15) is 18.3 Å². The first-order valence-corrected chi connectivity index (χ1v) is 7.75. The molecule has 0 amide bonds. The van der Waals surface area contributed by atoms with E-state index in [0.717, 1.165) is 18.9 Å². The van der Waals surface area contributed by atoms with Crippen LogP contribution in [0.4, 0.5) is 24.5 Å². The molecule has 1 aromatic heterocycles. The van der Waals surface area contributed by atoms with Crippen LogP contribution in [0.2, 0.25) is 0 Å². The number of nitro benzene ring substituents is 1. The molecule has 3 rings (SSSR count). The van der Waals surface area contributed by atoms with Gasteiger partial charge in [-0.3, -0.25) is 15.2 Å². The van der Waals surface area contributed by atoms with Crippen molar-refractivity contribution in [2.45, 2.75) is 31.9 Å². The van der Waals surface area contributed by atoms with Crippen LogP contribution < -0.4 is 4.90 Å². The summed E-state index contributed by atoms with van der Waals surface area (Å²) in [4.78, 5) is 16.5. The molecular formula is C15H16F3N5O2. The zero-order valence-corrected chi connectivity index (χ0v) is 13.4. The number of aromatic amines is 1. The van der Waals surface area contributed by atoms with Crippen molar-refractivity contribution in [1.82, 2.24) is 15.2 Å². The van der Waals surface area contributed by atoms with E-state index in [0.29, 0.717) is 30.8 Å². The molecule has 1 aromatic carbocycles. The van der Waals surface area contributed by atoms with Crippen LogP contribution in [-0.2, 0) is 6.18 Å². The van der Waals surface area contributed by atoms with Gasteiger partial charge in [0.2, 0.25) is 0 Å². The van der Waals surface area contributed by atoms with Gasteiger partial charge in [0.05, 0.1) is 10.5 Å². The minimum absolute atomic E-state index is 0.0272. The Morgan fingerprint density at radius 3 is 2.76 bits per heavy atom. The molecule has 0 radical (unpaired) electrons. The SMILES string of the molecule is Cc1nc(C2CCCN(c3ccc(C(F)(F)F)cc3[N+](=O)[O-])C2)n[nH]1. The molecule has 7 nitrogen and oxygen atoms in total. The standard InChI is InChI=1S/C15H16F3N5O2/c1-9-19-14(21-20-9)10-3-2-6-22(8-10)12-5-4-11(15(16,17)18)7-13(12)23(24)25/h4-5,7,10H,2-3,6,8H2,1H3,(H,19,20,21). The zero-order valence-electron chi connectivity index (χ0n) is 13.4. The molecule has 0 bridgehead atoms. The van der Waals surface area contributed by atoms with E-state index in [1.807, 2.05) is 0 Å². The van der Waals surface area contributed by atoms with Crippen LogP contribution in [0.1, 0.15) is 36.0 Å². The van der Waals surface area contributed by atoms with E-state index in [9.17, 15) is 23.3 Å². The van der Waals surface area contributed by atoms with Crippen LogP contribution in [0.5, 0.6) is 0 Å². The molecule has 0 saturated carbocycles. The molecule has 1 aliphatic heterocycles. The Kier molecular flexibility index (Phi) is 4.36. The Morgan fingerprint density at radius 2 is 2.16 bits per heavy atom. The van der Waals surface area contributed by atoms with E-state index in [1.54, 1.807) is 11.8 Å². The number of hydrogen-bond acceptors (Lipinski definition) is 5. The fourth-order valence-corrected chi connectivity index (χ4v) is 3.06. The molecule has 2 aromatic rings. The zero-order chi connectivity index (χ0) is 18.2. The van der Waals surface area contributed by atoms with E-state index in [4.69, 9.17) is 0 Å². The molecule has 1 fully saturated rings. The predicted octanol–water partition coefficient (Wildman–Crippen LogP) is 3.42. The van der Waals surface area contributed by atoms with Crippen LogP contribution in [0.25, 0.3) is 0 Å². The van der Waals surface area contributed by atoms with E-state index in [-0.39, 0.29) is 11.6 Å². The number of halogens is 3. The summed E-state index contributed by atoms with van der Waals surface area (Å²) in [6, 6.07) is 2.64. The van der Waals surface area contributed by atoms with Crippen molar-refractivity contribution < 1.29 is 18.1 Å². The first-order valence-electron chi connectivity index (χ1n) is 7.75. The summed E-state index contributed by atoms with van der Waals surface area (Å²) in [5, 5.41) is 18.2. The second kappa shape index (κ2) is 6.34. The van der Waals surface area contributed by atoms with Gasteiger partial charge in [0.25, 0.3) is 5.69 Å². The number of nitrogens with one attached hydrogen (secondary N) is 1. The maximum atomic E-state index is 12.8. The normalized spacial score (nSPS) is 18.4. The lowest BCUT2D eigenvalue weighted by Crippen LogP contribution is -2.35. The van der Waals surface area contributed by atoms with Crippen molar-refractivity contribution in [3.05, 3.63) is 45.5 Å². The van der Waals surface area contributed by atoms with E-state index >= 15 is 0 Å². The highest BCUT2D eigenvalue weighted by Crippen LogP contribution is 2.38. The maximum absolute atomic E-state index is 12.8. The summed E-state index contributed by atoms with van der Waals surface area (Å²) in [5.74, 6) is 1.27. The Labute approximate surface area is 141 Å². The van der Waals surface area contributed by atoms with Gasteiger partial charge in [-0.15, -0.1) is 0 Å². The van der Waals surface area contributed by atoms with E-state index in [1.165, 1.54) is 6.07 Å². The molecule has 2 heterocycles. The topological polar surface area (TPSA) is 87.9 Å². The van der Waals surface area contributed by atoms with Crippen LogP contribution in [-0.4, -0.2) is 33.2 Å². The number of hydrogen-bond donors (Lipinski definition) is 1. The minimum Gasteiger partial charge on any atom is -0.365 e.